The van der Waals surface area contributed by atoms with Gasteiger partial charge in [0.25, 0.3) is 0 Å². The fraction of sp³-hybridized carbons (Fsp3) is 0.571. The third-order valence-electron chi connectivity index (χ3n) is 3.22. The molecule has 0 aliphatic heterocycles. The Balaban J connectivity index is 2.82. The van der Waals surface area contributed by atoms with Gasteiger partial charge < -0.3 is 4.90 Å². The van der Waals surface area contributed by atoms with Gasteiger partial charge in [-0.05, 0) is 39.1 Å². The van der Waals surface area contributed by atoms with Gasteiger partial charge in [0.15, 0.2) is 0 Å². The Bertz CT molecular complexity index is 280. The van der Waals surface area contributed by atoms with E-state index in [9.17, 15) is 0 Å². The van der Waals surface area contributed by atoms with E-state index < -0.39 is 0 Å². The third-order valence-corrected chi connectivity index (χ3v) is 3.22. The maximum Gasteiger partial charge on any atom is 0.0791 e. The van der Waals surface area contributed by atoms with Gasteiger partial charge >= 0.3 is 0 Å². The van der Waals surface area contributed by atoms with Crippen LogP contribution in [0.3, 0.4) is 0 Å². The molecular weight excluding hydrogens is 196 g/mol. The number of benzene rings is 1. The Morgan fingerprint density at radius 2 is 1.50 bits per heavy atom. The second kappa shape index (κ2) is 6.54. The van der Waals surface area contributed by atoms with Crippen molar-refractivity contribution in [1.82, 2.24) is 4.90 Å². The highest BCUT2D eigenvalue weighted by atomic mass is 15.3. The molecule has 0 N–H and O–H groups in total. The lowest BCUT2D eigenvalue weighted by Gasteiger charge is -2.37. The van der Waals surface area contributed by atoms with Crippen LogP contribution in [0.25, 0.3) is 0 Å². The first-order valence-electron chi connectivity index (χ1n) is 6.30. The summed E-state index contributed by atoms with van der Waals surface area (Å²) in [6.45, 7) is 12.2. The second-order valence-corrected chi connectivity index (χ2v) is 3.97. The number of hydrogen-bond donors (Lipinski definition) is 0. The summed E-state index contributed by atoms with van der Waals surface area (Å²) in [5.41, 5.74) is 1.31. The van der Waals surface area contributed by atoms with E-state index in [4.69, 9.17) is 0 Å². The topological polar surface area (TPSA) is 6.48 Å². The van der Waals surface area contributed by atoms with Gasteiger partial charge in [-0.15, -0.1) is 0 Å². The highest BCUT2D eigenvalue weighted by Gasteiger charge is 2.17. The van der Waals surface area contributed by atoms with E-state index in [0.29, 0.717) is 6.17 Å². The molecule has 0 radical (unpaired) electrons. The SMILES string of the molecule is CCN(CC)C(C)N(CC)c1ccccc1. The molecule has 1 rings (SSSR count). The number of anilines is 1. The molecule has 0 aliphatic carbocycles. The predicted octanol–water partition coefficient (Wildman–Crippen LogP) is 3.20. The van der Waals surface area contributed by atoms with Gasteiger partial charge in [0.05, 0.1) is 6.17 Å². The lowest BCUT2D eigenvalue weighted by atomic mass is 10.2. The van der Waals surface area contributed by atoms with Crippen LogP contribution in [0.4, 0.5) is 5.69 Å². The molecule has 0 saturated heterocycles. The van der Waals surface area contributed by atoms with Crippen LogP contribution in [0.15, 0.2) is 30.3 Å². The zero-order chi connectivity index (χ0) is 12.0. The quantitative estimate of drug-likeness (QED) is 0.679. The summed E-state index contributed by atoms with van der Waals surface area (Å²) in [7, 11) is 0. The Hall–Kier alpha value is -1.02. The number of rotatable bonds is 6. The molecule has 0 fully saturated rings. The van der Waals surface area contributed by atoms with E-state index in [-0.39, 0.29) is 0 Å². The van der Waals surface area contributed by atoms with Crippen molar-refractivity contribution in [3.8, 4) is 0 Å². The molecule has 0 heterocycles. The van der Waals surface area contributed by atoms with Gasteiger partial charge in [-0.1, -0.05) is 32.0 Å². The number of nitrogens with zero attached hydrogens (tertiary/aromatic N) is 2. The monoisotopic (exact) mass is 220 g/mol. The molecule has 2 nitrogen and oxygen atoms in total. The third kappa shape index (κ3) is 2.99. The molecular formula is C14H24N2. The normalized spacial score (nSPS) is 12.8. The minimum Gasteiger partial charge on any atom is -0.356 e. The zero-order valence-electron chi connectivity index (χ0n) is 11.0. The Morgan fingerprint density at radius 1 is 0.938 bits per heavy atom. The molecule has 0 spiro atoms. The smallest absolute Gasteiger partial charge is 0.0791 e. The molecule has 2 heteroatoms. The van der Waals surface area contributed by atoms with Crippen LogP contribution in [-0.4, -0.2) is 30.7 Å². The van der Waals surface area contributed by atoms with Crippen molar-refractivity contribution in [2.45, 2.75) is 33.9 Å². The first-order valence-corrected chi connectivity index (χ1v) is 6.30. The van der Waals surface area contributed by atoms with E-state index in [1.807, 2.05) is 0 Å². The molecule has 0 aromatic heterocycles. The lowest BCUT2D eigenvalue weighted by molar-refractivity contribution is 0.225. The second-order valence-electron chi connectivity index (χ2n) is 3.97. The highest BCUT2D eigenvalue weighted by Crippen LogP contribution is 2.17. The van der Waals surface area contributed by atoms with E-state index in [2.05, 4.69) is 67.8 Å². The molecule has 0 saturated carbocycles. The maximum absolute atomic E-state index is 2.47. The molecule has 1 aromatic rings. The van der Waals surface area contributed by atoms with Crippen molar-refractivity contribution < 1.29 is 0 Å². The summed E-state index contributed by atoms with van der Waals surface area (Å²) in [6.07, 6.45) is 0.461. The molecule has 0 amide bonds. The van der Waals surface area contributed by atoms with Crippen LogP contribution in [0, 0.1) is 0 Å². The van der Waals surface area contributed by atoms with Crippen molar-refractivity contribution >= 4 is 5.69 Å². The van der Waals surface area contributed by atoms with Crippen LogP contribution in [0.2, 0.25) is 0 Å². The van der Waals surface area contributed by atoms with Crippen molar-refractivity contribution in [2.24, 2.45) is 0 Å². The van der Waals surface area contributed by atoms with Crippen LogP contribution in [-0.2, 0) is 0 Å². The first-order chi connectivity index (χ1) is 7.74. The maximum atomic E-state index is 2.47. The van der Waals surface area contributed by atoms with E-state index in [1.165, 1.54) is 5.69 Å². The molecule has 1 aromatic carbocycles. The van der Waals surface area contributed by atoms with Gasteiger partial charge in [0, 0.05) is 12.2 Å². The summed E-state index contributed by atoms with van der Waals surface area (Å²) in [4.78, 5) is 4.91. The molecule has 0 aliphatic rings. The summed E-state index contributed by atoms with van der Waals surface area (Å²) >= 11 is 0. The Morgan fingerprint density at radius 3 is 1.94 bits per heavy atom. The average molecular weight is 220 g/mol. The lowest BCUT2D eigenvalue weighted by Crippen LogP contribution is -2.46. The van der Waals surface area contributed by atoms with Crippen molar-refractivity contribution in [2.75, 3.05) is 24.5 Å². The molecule has 1 unspecified atom stereocenters. The fourth-order valence-electron chi connectivity index (χ4n) is 2.23. The summed E-state index contributed by atoms with van der Waals surface area (Å²) in [5.74, 6) is 0. The minimum absolute atomic E-state index is 0.461. The van der Waals surface area contributed by atoms with E-state index >= 15 is 0 Å². The van der Waals surface area contributed by atoms with Crippen molar-refractivity contribution in [3.63, 3.8) is 0 Å². The predicted molar refractivity (Wildman–Crippen MR) is 71.8 cm³/mol. The molecule has 16 heavy (non-hydrogen) atoms. The average Bonchev–Trinajstić information content (AvgIpc) is 2.33. The largest absolute Gasteiger partial charge is 0.356 e. The summed E-state index contributed by atoms with van der Waals surface area (Å²) < 4.78 is 0. The summed E-state index contributed by atoms with van der Waals surface area (Å²) in [5, 5.41) is 0. The van der Waals surface area contributed by atoms with Gasteiger partial charge in [-0.2, -0.15) is 0 Å². The van der Waals surface area contributed by atoms with E-state index in [1.54, 1.807) is 0 Å². The Kier molecular flexibility index (Phi) is 5.33. The minimum atomic E-state index is 0.461. The highest BCUT2D eigenvalue weighted by molar-refractivity contribution is 5.46. The molecule has 0 bridgehead atoms. The molecule has 90 valence electrons. The fourth-order valence-corrected chi connectivity index (χ4v) is 2.23. The van der Waals surface area contributed by atoms with Crippen LogP contribution < -0.4 is 4.90 Å². The Labute approximate surface area is 99.9 Å². The van der Waals surface area contributed by atoms with Gasteiger partial charge in [0.2, 0.25) is 0 Å². The van der Waals surface area contributed by atoms with Crippen LogP contribution in [0.1, 0.15) is 27.7 Å². The molecule has 1 atom stereocenters. The first kappa shape index (κ1) is 13.0. The zero-order valence-corrected chi connectivity index (χ0v) is 11.0. The van der Waals surface area contributed by atoms with Crippen LogP contribution >= 0.6 is 0 Å². The van der Waals surface area contributed by atoms with Crippen molar-refractivity contribution in [3.05, 3.63) is 30.3 Å². The van der Waals surface area contributed by atoms with Gasteiger partial charge in [-0.3, -0.25) is 4.90 Å². The van der Waals surface area contributed by atoms with E-state index in [0.717, 1.165) is 19.6 Å². The van der Waals surface area contributed by atoms with Gasteiger partial charge in [0.1, 0.15) is 0 Å². The number of hydrogen-bond acceptors (Lipinski definition) is 2. The van der Waals surface area contributed by atoms with Gasteiger partial charge in [-0.25, -0.2) is 0 Å². The number of para-hydroxylation sites is 1. The summed E-state index contributed by atoms with van der Waals surface area (Å²) in [6, 6.07) is 10.6. The van der Waals surface area contributed by atoms with Crippen molar-refractivity contribution in [1.29, 1.82) is 0 Å². The van der Waals surface area contributed by atoms with Crippen LogP contribution in [0.5, 0.6) is 0 Å². The standard InChI is InChI=1S/C14H24N2/c1-5-15(6-2)13(4)16(7-3)14-11-9-8-10-12-14/h8-13H,5-7H2,1-4H3.